The van der Waals surface area contributed by atoms with Gasteiger partial charge in [0.15, 0.2) is 0 Å². The number of hydrogen-bond acceptors (Lipinski definition) is 2. The van der Waals surface area contributed by atoms with Crippen LogP contribution in [0, 0.1) is 0 Å². The molecule has 1 aromatic rings. The average Bonchev–Trinajstić information content (AvgIpc) is 2.41. The number of aliphatic hydroxyl groups is 2. The molecule has 0 spiro atoms. The summed E-state index contributed by atoms with van der Waals surface area (Å²) in [6.07, 6.45) is 6.37. The first-order valence-corrected chi connectivity index (χ1v) is 7.15. The van der Waals surface area contributed by atoms with Crippen LogP contribution in [0.1, 0.15) is 55.1 Å². The van der Waals surface area contributed by atoms with E-state index in [1.807, 2.05) is 12.1 Å². The zero-order valence-electron chi connectivity index (χ0n) is 10.6. The highest BCUT2D eigenvalue weighted by atomic mass is 35.5. The van der Waals surface area contributed by atoms with Gasteiger partial charge in [0.1, 0.15) is 0 Å². The Morgan fingerprint density at radius 3 is 2.33 bits per heavy atom. The van der Waals surface area contributed by atoms with Crippen molar-refractivity contribution in [2.45, 2.75) is 43.9 Å². The smallest absolute Gasteiger partial charge is 0.0521 e. The van der Waals surface area contributed by atoms with Gasteiger partial charge in [0, 0.05) is 10.9 Å². The normalized spacial score (nSPS) is 17.3. The molecule has 100 valence electrons. The van der Waals surface area contributed by atoms with Gasteiger partial charge in [-0.25, -0.2) is 0 Å². The van der Waals surface area contributed by atoms with Crippen LogP contribution < -0.4 is 0 Å². The van der Waals surface area contributed by atoms with Crippen LogP contribution in [0.5, 0.6) is 0 Å². The van der Waals surface area contributed by atoms with Gasteiger partial charge < -0.3 is 10.2 Å². The molecule has 0 heterocycles. The summed E-state index contributed by atoms with van der Waals surface area (Å²) in [5.41, 5.74) is 2.15. The molecule has 1 aliphatic carbocycles. The first-order valence-electron chi connectivity index (χ1n) is 6.77. The van der Waals surface area contributed by atoms with Crippen LogP contribution in [0.2, 0.25) is 5.02 Å². The van der Waals surface area contributed by atoms with Crippen molar-refractivity contribution in [3.63, 3.8) is 0 Å². The minimum Gasteiger partial charge on any atom is -0.396 e. The van der Waals surface area contributed by atoms with Gasteiger partial charge in [-0.15, -0.1) is 0 Å². The summed E-state index contributed by atoms with van der Waals surface area (Å²) in [6.45, 7) is -0.0921. The highest BCUT2D eigenvalue weighted by molar-refractivity contribution is 6.31. The van der Waals surface area contributed by atoms with Crippen molar-refractivity contribution in [1.29, 1.82) is 0 Å². The average molecular weight is 269 g/mol. The number of rotatable bonds is 4. The van der Waals surface area contributed by atoms with Crippen LogP contribution in [0.4, 0.5) is 0 Å². The third kappa shape index (κ3) is 3.05. The topological polar surface area (TPSA) is 40.5 Å². The van der Waals surface area contributed by atoms with E-state index in [1.54, 1.807) is 0 Å². The van der Waals surface area contributed by atoms with Crippen LogP contribution in [0.3, 0.4) is 0 Å². The van der Waals surface area contributed by atoms with E-state index in [0.717, 1.165) is 10.6 Å². The van der Waals surface area contributed by atoms with Gasteiger partial charge >= 0.3 is 0 Å². The Kier molecular flexibility index (Phi) is 5.04. The molecule has 1 saturated carbocycles. The molecule has 1 fully saturated rings. The van der Waals surface area contributed by atoms with Crippen LogP contribution in [-0.2, 0) is 0 Å². The Balaban J connectivity index is 2.18. The summed E-state index contributed by atoms with van der Waals surface area (Å²) in [6, 6.07) is 5.97. The SMILES string of the molecule is OCC(CO)c1ccc(C2CCCCC2)c(Cl)c1. The van der Waals surface area contributed by atoms with E-state index < -0.39 is 0 Å². The van der Waals surface area contributed by atoms with Gasteiger partial charge in [-0.05, 0) is 36.0 Å². The maximum Gasteiger partial charge on any atom is 0.0521 e. The molecule has 0 amide bonds. The Labute approximate surface area is 114 Å². The molecule has 0 atom stereocenters. The molecule has 2 rings (SSSR count). The van der Waals surface area contributed by atoms with Crippen LogP contribution in [-0.4, -0.2) is 23.4 Å². The van der Waals surface area contributed by atoms with Crippen LogP contribution in [0.15, 0.2) is 18.2 Å². The third-order valence-corrected chi connectivity index (χ3v) is 4.31. The second kappa shape index (κ2) is 6.55. The predicted molar refractivity (Wildman–Crippen MR) is 74.2 cm³/mol. The Morgan fingerprint density at radius 2 is 1.78 bits per heavy atom. The number of halogens is 1. The highest BCUT2D eigenvalue weighted by Crippen LogP contribution is 2.37. The van der Waals surface area contributed by atoms with Crippen molar-refractivity contribution in [2.75, 3.05) is 13.2 Å². The molecule has 0 aliphatic heterocycles. The summed E-state index contributed by atoms with van der Waals surface area (Å²) in [7, 11) is 0. The van der Waals surface area contributed by atoms with E-state index in [4.69, 9.17) is 11.6 Å². The van der Waals surface area contributed by atoms with E-state index >= 15 is 0 Å². The van der Waals surface area contributed by atoms with Crippen molar-refractivity contribution in [2.24, 2.45) is 0 Å². The lowest BCUT2D eigenvalue weighted by Crippen LogP contribution is -2.10. The molecule has 0 radical (unpaired) electrons. The Morgan fingerprint density at radius 1 is 1.11 bits per heavy atom. The molecule has 1 aromatic carbocycles. The monoisotopic (exact) mass is 268 g/mol. The lowest BCUT2D eigenvalue weighted by Gasteiger charge is -2.23. The van der Waals surface area contributed by atoms with Crippen LogP contribution in [0.25, 0.3) is 0 Å². The van der Waals surface area contributed by atoms with Crippen molar-refractivity contribution in [3.8, 4) is 0 Å². The summed E-state index contributed by atoms with van der Waals surface area (Å²) >= 11 is 6.36. The van der Waals surface area contributed by atoms with Gasteiger partial charge in [-0.1, -0.05) is 43.0 Å². The maximum atomic E-state index is 9.19. The Hall–Kier alpha value is -0.570. The van der Waals surface area contributed by atoms with E-state index in [-0.39, 0.29) is 19.1 Å². The minimum absolute atomic E-state index is 0.0460. The lowest BCUT2D eigenvalue weighted by molar-refractivity contribution is 0.192. The molecule has 0 aromatic heterocycles. The maximum absolute atomic E-state index is 9.19. The first-order chi connectivity index (χ1) is 8.76. The molecule has 18 heavy (non-hydrogen) atoms. The van der Waals surface area contributed by atoms with Gasteiger partial charge in [-0.3, -0.25) is 0 Å². The second-order valence-corrected chi connectivity index (χ2v) is 5.59. The van der Waals surface area contributed by atoms with E-state index in [9.17, 15) is 10.2 Å². The zero-order valence-corrected chi connectivity index (χ0v) is 11.4. The molecule has 0 unspecified atom stereocenters. The molecule has 0 bridgehead atoms. The summed E-state index contributed by atoms with van der Waals surface area (Å²) in [4.78, 5) is 0. The van der Waals surface area contributed by atoms with Gasteiger partial charge in [0.2, 0.25) is 0 Å². The van der Waals surface area contributed by atoms with Gasteiger partial charge in [0.05, 0.1) is 13.2 Å². The fraction of sp³-hybridized carbons (Fsp3) is 0.600. The second-order valence-electron chi connectivity index (χ2n) is 5.18. The van der Waals surface area contributed by atoms with Crippen molar-refractivity contribution < 1.29 is 10.2 Å². The molecular weight excluding hydrogens is 248 g/mol. The summed E-state index contributed by atoms with van der Waals surface area (Å²) < 4.78 is 0. The summed E-state index contributed by atoms with van der Waals surface area (Å²) in [5, 5.41) is 19.2. The minimum atomic E-state index is -0.220. The summed E-state index contributed by atoms with van der Waals surface area (Å²) in [5.74, 6) is 0.366. The third-order valence-electron chi connectivity index (χ3n) is 3.98. The van der Waals surface area contributed by atoms with E-state index in [0.29, 0.717) is 5.92 Å². The predicted octanol–water partition coefficient (Wildman–Crippen LogP) is 3.46. The molecule has 3 heteroatoms. The highest BCUT2D eigenvalue weighted by Gasteiger charge is 2.19. The zero-order chi connectivity index (χ0) is 13.0. The van der Waals surface area contributed by atoms with E-state index in [2.05, 4.69) is 6.07 Å². The van der Waals surface area contributed by atoms with E-state index in [1.165, 1.54) is 37.7 Å². The van der Waals surface area contributed by atoms with Crippen molar-refractivity contribution in [3.05, 3.63) is 34.3 Å². The largest absolute Gasteiger partial charge is 0.396 e. The molecule has 2 N–H and O–H groups in total. The fourth-order valence-electron chi connectivity index (χ4n) is 2.81. The number of hydrogen-bond donors (Lipinski definition) is 2. The quantitative estimate of drug-likeness (QED) is 0.878. The lowest BCUT2D eigenvalue weighted by atomic mass is 9.83. The van der Waals surface area contributed by atoms with Crippen molar-refractivity contribution >= 4 is 11.6 Å². The molecule has 2 nitrogen and oxygen atoms in total. The fourth-order valence-corrected chi connectivity index (χ4v) is 3.15. The standard InChI is InChI=1S/C15H21ClO2/c16-15-8-12(13(9-17)10-18)6-7-14(15)11-4-2-1-3-5-11/h6-8,11,13,17-18H,1-5,9-10H2. The first kappa shape index (κ1) is 13.9. The van der Waals surface area contributed by atoms with Crippen LogP contribution >= 0.6 is 11.6 Å². The van der Waals surface area contributed by atoms with Crippen molar-refractivity contribution in [1.82, 2.24) is 0 Å². The molecule has 0 saturated heterocycles. The number of aliphatic hydroxyl groups excluding tert-OH is 2. The van der Waals surface area contributed by atoms with Gasteiger partial charge in [0.25, 0.3) is 0 Å². The Bertz CT molecular complexity index is 382. The number of benzene rings is 1. The van der Waals surface area contributed by atoms with Gasteiger partial charge in [-0.2, -0.15) is 0 Å². The molecule has 1 aliphatic rings. The molecular formula is C15H21ClO2.